The van der Waals surface area contributed by atoms with Gasteiger partial charge in [0.25, 0.3) is 0 Å². The van der Waals surface area contributed by atoms with Gasteiger partial charge in [-0.15, -0.1) is 0 Å². The maximum Gasteiger partial charge on any atom is 0.0697 e. The van der Waals surface area contributed by atoms with Crippen molar-refractivity contribution in [2.45, 2.75) is 39.2 Å². The van der Waals surface area contributed by atoms with Gasteiger partial charge in [0.2, 0.25) is 0 Å². The van der Waals surface area contributed by atoms with E-state index in [9.17, 15) is 0 Å². The fourth-order valence-corrected chi connectivity index (χ4v) is 2.73. The van der Waals surface area contributed by atoms with E-state index in [1.165, 1.54) is 18.4 Å². The Bertz CT molecular complexity index is 453. The molecule has 0 amide bonds. The first-order chi connectivity index (χ1) is 10.1. The molecule has 1 heterocycles. The summed E-state index contributed by atoms with van der Waals surface area (Å²) >= 11 is 0. The minimum absolute atomic E-state index is 0.259. The summed E-state index contributed by atoms with van der Waals surface area (Å²) in [4.78, 5) is 2.56. The zero-order chi connectivity index (χ0) is 15.1. The van der Waals surface area contributed by atoms with Crippen molar-refractivity contribution in [2.24, 2.45) is 5.41 Å². The first-order valence-corrected chi connectivity index (χ1v) is 8.00. The molecule has 1 N–H and O–H groups in total. The average Bonchev–Trinajstić information content (AvgIpc) is 2.53. The van der Waals surface area contributed by atoms with E-state index in [1.807, 2.05) is 13.8 Å². The lowest BCUT2D eigenvalue weighted by molar-refractivity contribution is 0.194. The quantitative estimate of drug-likeness (QED) is 0.873. The molecule has 0 radical (unpaired) electrons. The first kappa shape index (κ1) is 16.0. The lowest BCUT2D eigenvalue weighted by Crippen LogP contribution is -2.45. The molecular weight excluding hydrogens is 258 g/mol. The number of hydrogen-bond acceptors (Lipinski definition) is 3. The fourth-order valence-electron chi connectivity index (χ4n) is 2.73. The minimum atomic E-state index is -0.259. The maximum atomic E-state index is 9.05. The van der Waals surface area contributed by atoms with Crippen LogP contribution in [-0.4, -0.2) is 37.1 Å². The second-order valence-corrected chi connectivity index (χ2v) is 6.73. The van der Waals surface area contributed by atoms with Crippen LogP contribution in [0, 0.1) is 16.7 Å². The largest absolute Gasteiger partial charge is 0.312 e. The summed E-state index contributed by atoms with van der Waals surface area (Å²) in [6.07, 6.45) is 3.52. The summed E-state index contributed by atoms with van der Waals surface area (Å²) < 4.78 is 0. The Morgan fingerprint density at radius 3 is 2.52 bits per heavy atom. The molecule has 1 aliphatic heterocycles. The second kappa shape index (κ2) is 7.59. The number of benzene rings is 1. The standard InChI is InChI=1S/C18H27N3/c1-18(2,14-19)15-20-17-9-12-21(13-10-17)11-8-16-6-4-3-5-7-16/h3-7,17,20H,8-13,15H2,1-2H3. The van der Waals surface area contributed by atoms with Gasteiger partial charge in [0.05, 0.1) is 11.5 Å². The van der Waals surface area contributed by atoms with Crippen LogP contribution >= 0.6 is 0 Å². The third-order valence-corrected chi connectivity index (χ3v) is 4.28. The van der Waals surface area contributed by atoms with Gasteiger partial charge in [0.1, 0.15) is 0 Å². The molecule has 0 unspecified atom stereocenters. The van der Waals surface area contributed by atoms with Crippen LogP contribution in [0.5, 0.6) is 0 Å². The van der Waals surface area contributed by atoms with Gasteiger partial charge in [0.15, 0.2) is 0 Å². The smallest absolute Gasteiger partial charge is 0.0697 e. The Hall–Kier alpha value is -1.37. The Labute approximate surface area is 129 Å². The van der Waals surface area contributed by atoms with Crippen LogP contribution in [0.25, 0.3) is 0 Å². The molecule has 21 heavy (non-hydrogen) atoms. The van der Waals surface area contributed by atoms with Gasteiger partial charge >= 0.3 is 0 Å². The molecule has 114 valence electrons. The first-order valence-electron chi connectivity index (χ1n) is 8.00. The van der Waals surface area contributed by atoms with Gasteiger partial charge in [-0.1, -0.05) is 30.3 Å². The molecule has 0 atom stereocenters. The number of rotatable bonds is 6. The highest BCUT2D eigenvalue weighted by Crippen LogP contribution is 2.15. The van der Waals surface area contributed by atoms with Crippen molar-refractivity contribution < 1.29 is 0 Å². The molecule has 0 spiro atoms. The van der Waals surface area contributed by atoms with Crippen LogP contribution in [0.15, 0.2) is 30.3 Å². The Morgan fingerprint density at radius 2 is 1.90 bits per heavy atom. The summed E-state index contributed by atoms with van der Waals surface area (Å²) in [7, 11) is 0. The van der Waals surface area contributed by atoms with Gasteiger partial charge in [-0.25, -0.2) is 0 Å². The number of piperidine rings is 1. The number of hydrogen-bond donors (Lipinski definition) is 1. The topological polar surface area (TPSA) is 39.1 Å². The second-order valence-electron chi connectivity index (χ2n) is 6.73. The number of nitrogens with one attached hydrogen (secondary N) is 1. The third kappa shape index (κ3) is 5.49. The lowest BCUT2D eigenvalue weighted by Gasteiger charge is -2.33. The van der Waals surface area contributed by atoms with Crippen LogP contribution in [0.3, 0.4) is 0 Å². The normalized spacial score (nSPS) is 17.6. The molecule has 1 aliphatic rings. The Morgan fingerprint density at radius 1 is 1.24 bits per heavy atom. The van der Waals surface area contributed by atoms with Crippen LogP contribution < -0.4 is 5.32 Å². The van der Waals surface area contributed by atoms with Crippen LogP contribution in [-0.2, 0) is 6.42 Å². The molecule has 1 saturated heterocycles. The van der Waals surface area contributed by atoms with Crippen molar-refractivity contribution in [1.82, 2.24) is 10.2 Å². The van der Waals surface area contributed by atoms with Gasteiger partial charge in [0, 0.05) is 19.1 Å². The van der Waals surface area contributed by atoms with Crippen LogP contribution in [0.2, 0.25) is 0 Å². The molecule has 1 aromatic rings. The summed E-state index contributed by atoms with van der Waals surface area (Å²) in [6.45, 7) is 8.26. The van der Waals surface area contributed by atoms with Gasteiger partial charge in [-0.3, -0.25) is 0 Å². The average molecular weight is 285 g/mol. The van der Waals surface area contributed by atoms with Crippen molar-refractivity contribution in [1.29, 1.82) is 5.26 Å². The van der Waals surface area contributed by atoms with E-state index in [1.54, 1.807) is 0 Å². The Balaban J connectivity index is 1.66. The lowest BCUT2D eigenvalue weighted by atomic mass is 9.94. The highest BCUT2D eigenvalue weighted by molar-refractivity contribution is 5.14. The van der Waals surface area contributed by atoms with Crippen molar-refractivity contribution in [3.63, 3.8) is 0 Å². The van der Waals surface area contributed by atoms with Gasteiger partial charge in [-0.2, -0.15) is 5.26 Å². The van der Waals surface area contributed by atoms with E-state index < -0.39 is 0 Å². The van der Waals surface area contributed by atoms with Gasteiger partial charge < -0.3 is 10.2 Å². The van der Waals surface area contributed by atoms with E-state index >= 15 is 0 Å². The van der Waals surface area contributed by atoms with E-state index in [0.29, 0.717) is 6.04 Å². The predicted molar refractivity (Wildman–Crippen MR) is 87.0 cm³/mol. The van der Waals surface area contributed by atoms with E-state index in [0.717, 1.165) is 32.6 Å². The molecular formula is C18H27N3. The molecule has 3 nitrogen and oxygen atoms in total. The monoisotopic (exact) mass is 285 g/mol. The zero-order valence-corrected chi connectivity index (χ0v) is 13.3. The Kier molecular flexibility index (Phi) is 5.78. The summed E-state index contributed by atoms with van der Waals surface area (Å²) in [5.74, 6) is 0. The van der Waals surface area contributed by atoms with Crippen molar-refractivity contribution in [2.75, 3.05) is 26.2 Å². The van der Waals surface area contributed by atoms with E-state index in [-0.39, 0.29) is 5.41 Å². The van der Waals surface area contributed by atoms with Crippen LogP contribution in [0.1, 0.15) is 32.3 Å². The molecule has 1 aromatic carbocycles. The summed E-state index contributed by atoms with van der Waals surface area (Å²) in [5.41, 5.74) is 1.17. The number of nitrogens with zero attached hydrogens (tertiary/aromatic N) is 2. The van der Waals surface area contributed by atoms with Crippen LogP contribution in [0.4, 0.5) is 0 Å². The predicted octanol–water partition coefficient (Wildman–Crippen LogP) is 2.83. The van der Waals surface area contributed by atoms with E-state index in [2.05, 4.69) is 46.6 Å². The SMILES string of the molecule is CC(C)(C#N)CNC1CCN(CCc2ccccc2)CC1. The summed E-state index contributed by atoms with van der Waals surface area (Å²) in [6, 6.07) is 13.6. The summed E-state index contributed by atoms with van der Waals surface area (Å²) in [5, 5.41) is 12.6. The maximum absolute atomic E-state index is 9.05. The molecule has 0 aliphatic carbocycles. The molecule has 0 saturated carbocycles. The molecule has 1 fully saturated rings. The number of nitriles is 1. The zero-order valence-electron chi connectivity index (χ0n) is 13.3. The molecule has 3 heteroatoms. The highest BCUT2D eigenvalue weighted by atomic mass is 15.1. The minimum Gasteiger partial charge on any atom is -0.312 e. The third-order valence-electron chi connectivity index (χ3n) is 4.28. The fraction of sp³-hybridized carbons (Fsp3) is 0.611. The highest BCUT2D eigenvalue weighted by Gasteiger charge is 2.22. The van der Waals surface area contributed by atoms with E-state index in [4.69, 9.17) is 5.26 Å². The van der Waals surface area contributed by atoms with Crippen molar-refractivity contribution in [3.05, 3.63) is 35.9 Å². The molecule has 0 aromatic heterocycles. The van der Waals surface area contributed by atoms with Gasteiger partial charge in [-0.05, 0) is 51.8 Å². The number of likely N-dealkylation sites (tertiary alicyclic amines) is 1. The van der Waals surface area contributed by atoms with Crippen molar-refractivity contribution in [3.8, 4) is 6.07 Å². The molecule has 2 rings (SSSR count). The molecule has 0 bridgehead atoms. The van der Waals surface area contributed by atoms with Crippen molar-refractivity contribution >= 4 is 0 Å².